The number of nitrogens with one attached hydrogen (secondary N) is 1. The topological polar surface area (TPSA) is 47.6 Å². The fraction of sp³-hybridized carbons (Fsp3) is 0.562. The molecule has 0 amide bonds. The van der Waals surface area contributed by atoms with Gasteiger partial charge >= 0.3 is 5.97 Å². The molecule has 0 aromatic heterocycles. The fourth-order valence-corrected chi connectivity index (χ4v) is 2.78. The summed E-state index contributed by atoms with van der Waals surface area (Å²) in [6.45, 7) is 0.620. The van der Waals surface area contributed by atoms with E-state index in [2.05, 4.69) is 5.32 Å². The first kappa shape index (κ1) is 15.8. The number of carbonyl (C=O) groups is 1. The standard InChI is InChI=1S/C16H22FNO3/c1-20-15-8-3-11(9-14(15)17)10-18-13-6-4-12(5-7-13)16(19)21-2/h3,8-9,12-13,18H,4-7,10H2,1-2H3. The zero-order valence-corrected chi connectivity index (χ0v) is 12.5. The highest BCUT2D eigenvalue weighted by Crippen LogP contribution is 2.25. The van der Waals surface area contributed by atoms with Gasteiger partial charge in [0.2, 0.25) is 0 Å². The van der Waals surface area contributed by atoms with Crippen molar-refractivity contribution in [2.24, 2.45) is 5.92 Å². The van der Waals surface area contributed by atoms with Crippen LogP contribution in [0.5, 0.6) is 5.75 Å². The molecule has 0 aliphatic heterocycles. The molecule has 0 unspecified atom stereocenters. The number of hydrogen-bond acceptors (Lipinski definition) is 4. The third-order valence-electron chi connectivity index (χ3n) is 4.07. The Labute approximate surface area is 124 Å². The quantitative estimate of drug-likeness (QED) is 0.848. The number of carbonyl (C=O) groups excluding carboxylic acids is 1. The largest absolute Gasteiger partial charge is 0.494 e. The van der Waals surface area contributed by atoms with Gasteiger partial charge in [-0.2, -0.15) is 0 Å². The molecule has 21 heavy (non-hydrogen) atoms. The molecule has 4 nitrogen and oxygen atoms in total. The Morgan fingerprint density at radius 3 is 2.57 bits per heavy atom. The van der Waals surface area contributed by atoms with E-state index in [0.29, 0.717) is 12.6 Å². The van der Waals surface area contributed by atoms with Crippen LogP contribution in [0.1, 0.15) is 31.2 Å². The molecule has 1 fully saturated rings. The normalized spacial score (nSPS) is 21.9. The number of benzene rings is 1. The first-order valence-corrected chi connectivity index (χ1v) is 7.27. The first-order valence-electron chi connectivity index (χ1n) is 7.27. The monoisotopic (exact) mass is 295 g/mol. The predicted molar refractivity (Wildman–Crippen MR) is 77.6 cm³/mol. The van der Waals surface area contributed by atoms with Crippen molar-refractivity contribution in [2.45, 2.75) is 38.3 Å². The zero-order chi connectivity index (χ0) is 15.2. The lowest BCUT2D eigenvalue weighted by molar-refractivity contribution is -0.146. The summed E-state index contributed by atoms with van der Waals surface area (Å²) in [5, 5.41) is 3.42. The van der Waals surface area contributed by atoms with E-state index in [1.54, 1.807) is 6.07 Å². The van der Waals surface area contributed by atoms with Crippen LogP contribution in [0.15, 0.2) is 18.2 Å². The van der Waals surface area contributed by atoms with Crippen molar-refractivity contribution in [3.63, 3.8) is 0 Å². The molecule has 1 aromatic carbocycles. The van der Waals surface area contributed by atoms with E-state index < -0.39 is 0 Å². The van der Waals surface area contributed by atoms with Crippen LogP contribution in [-0.4, -0.2) is 26.2 Å². The summed E-state index contributed by atoms with van der Waals surface area (Å²) >= 11 is 0. The lowest BCUT2D eigenvalue weighted by Gasteiger charge is -2.27. The average Bonchev–Trinajstić information content (AvgIpc) is 2.52. The van der Waals surface area contributed by atoms with Gasteiger partial charge in [-0.25, -0.2) is 4.39 Å². The van der Waals surface area contributed by atoms with Crippen LogP contribution >= 0.6 is 0 Å². The van der Waals surface area contributed by atoms with Crippen LogP contribution in [0.3, 0.4) is 0 Å². The summed E-state index contributed by atoms with van der Waals surface area (Å²) in [6.07, 6.45) is 3.58. The van der Waals surface area contributed by atoms with Gasteiger partial charge in [0.1, 0.15) is 0 Å². The van der Waals surface area contributed by atoms with Crippen molar-refractivity contribution in [1.29, 1.82) is 0 Å². The molecule has 1 aromatic rings. The minimum atomic E-state index is -0.341. The SMILES string of the molecule is COC(=O)C1CCC(NCc2ccc(OC)c(F)c2)CC1. The Bertz CT molecular complexity index is 484. The summed E-state index contributed by atoms with van der Waals surface area (Å²) in [4.78, 5) is 11.5. The third kappa shape index (κ3) is 4.17. The van der Waals surface area contributed by atoms with Crippen molar-refractivity contribution < 1.29 is 18.7 Å². The van der Waals surface area contributed by atoms with Crippen LogP contribution in [0.4, 0.5) is 4.39 Å². The maximum absolute atomic E-state index is 13.6. The summed E-state index contributed by atoms with van der Waals surface area (Å²) in [5.41, 5.74) is 0.892. The lowest BCUT2D eigenvalue weighted by Crippen LogP contribution is -2.34. The lowest BCUT2D eigenvalue weighted by atomic mass is 9.86. The molecular weight excluding hydrogens is 273 g/mol. The molecule has 5 heteroatoms. The Hall–Kier alpha value is -1.62. The van der Waals surface area contributed by atoms with E-state index >= 15 is 0 Å². The molecular formula is C16H22FNO3. The van der Waals surface area contributed by atoms with Gasteiger partial charge in [-0.1, -0.05) is 6.07 Å². The van der Waals surface area contributed by atoms with Gasteiger partial charge in [0.05, 0.1) is 20.1 Å². The van der Waals surface area contributed by atoms with E-state index in [1.165, 1.54) is 20.3 Å². The fourth-order valence-electron chi connectivity index (χ4n) is 2.78. The second-order valence-electron chi connectivity index (χ2n) is 5.42. The molecule has 0 radical (unpaired) electrons. The number of halogens is 1. The number of methoxy groups -OCH3 is 2. The van der Waals surface area contributed by atoms with Crippen LogP contribution in [0, 0.1) is 11.7 Å². The van der Waals surface area contributed by atoms with Crippen molar-refractivity contribution in [1.82, 2.24) is 5.32 Å². The minimum Gasteiger partial charge on any atom is -0.494 e. The number of esters is 1. The summed E-state index contributed by atoms with van der Waals surface area (Å²) in [7, 11) is 2.89. The van der Waals surface area contributed by atoms with Crippen molar-refractivity contribution in [2.75, 3.05) is 14.2 Å². The van der Waals surface area contributed by atoms with E-state index in [0.717, 1.165) is 31.2 Å². The van der Waals surface area contributed by atoms with Crippen LogP contribution < -0.4 is 10.1 Å². The Morgan fingerprint density at radius 2 is 2.00 bits per heavy atom. The number of ether oxygens (including phenoxy) is 2. The summed E-state index contributed by atoms with van der Waals surface area (Å²) < 4.78 is 23.3. The second kappa shape index (κ2) is 7.41. The highest BCUT2D eigenvalue weighted by Gasteiger charge is 2.26. The molecule has 1 saturated carbocycles. The molecule has 0 heterocycles. The maximum Gasteiger partial charge on any atom is 0.308 e. The molecule has 0 atom stereocenters. The summed E-state index contributed by atoms with van der Waals surface area (Å²) in [6, 6.07) is 5.36. The van der Waals surface area contributed by atoms with Gasteiger partial charge in [0.25, 0.3) is 0 Å². The number of rotatable bonds is 5. The first-order chi connectivity index (χ1) is 10.1. The van der Waals surface area contributed by atoms with Gasteiger partial charge in [-0.3, -0.25) is 4.79 Å². The zero-order valence-electron chi connectivity index (χ0n) is 12.5. The van der Waals surface area contributed by atoms with Crippen molar-refractivity contribution >= 4 is 5.97 Å². The third-order valence-corrected chi connectivity index (χ3v) is 4.07. The van der Waals surface area contributed by atoms with Gasteiger partial charge in [0, 0.05) is 12.6 Å². The molecule has 1 aliphatic rings. The van der Waals surface area contributed by atoms with Crippen LogP contribution in [0.2, 0.25) is 0 Å². The maximum atomic E-state index is 13.6. The van der Waals surface area contributed by atoms with Crippen LogP contribution in [0.25, 0.3) is 0 Å². The van der Waals surface area contributed by atoms with Crippen molar-refractivity contribution in [3.05, 3.63) is 29.6 Å². The van der Waals surface area contributed by atoms with Gasteiger partial charge in [-0.05, 0) is 43.4 Å². The highest BCUT2D eigenvalue weighted by molar-refractivity contribution is 5.72. The van der Waals surface area contributed by atoms with E-state index in [9.17, 15) is 9.18 Å². The Kier molecular flexibility index (Phi) is 5.56. The molecule has 0 saturated heterocycles. The molecule has 0 bridgehead atoms. The van der Waals surface area contributed by atoms with Gasteiger partial charge < -0.3 is 14.8 Å². The molecule has 1 N–H and O–H groups in total. The Morgan fingerprint density at radius 1 is 1.29 bits per heavy atom. The smallest absolute Gasteiger partial charge is 0.308 e. The molecule has 116 valence electrons. The average molecular weight is 295 g/mol. The second-order valence-corrected chi connectivity index (χ2v) is 5.42. The minimum absolute atomic E-state index is 0.0338. The van der Waals surface area contributed by atoms with Crippen molar-refractivity contribution in [3.8, 4) is 5.75 Å². The highest BCUT2D eigenvalue weighted by atomic mass is 19.1. The predicted octanol–water partition coefficient (Wildman–Crippen LogP) is 2.66. The van der Waals surface area contributed by atoms with Gasteiger partial charge in [-0.15, -0.1) is 0 Å². The Balaban J connectivity index is 1.79. The van der Waals surface area contributed by atoms with E-state index in [-0.39, 0.29) is 23.5 Å². The van der Waals surface area contributed by atoms with Gasteiger partial charge in [0.15, 0.2) is 11.6 Å². The molecule has 2 rings (SSSR count). The summed E-state index contributed by atoms with van der Waals surface area (Å²) in [5.74, 6) is -0.152. The molecule has 1 aliphatic carbocycles. The number of hydrogen-bond donors (Lipinski definition) is 1. The molecule has 0 spiro atoms. The van der Waals surface area contributed by atoms with E-state index in [4.69, 9.17) is 9.47 Å². The van der Waals surface area contributed by atoms with Crippen LogP contribution in [-0.2, 0) is 16.1 Å². The van der Waals surface area contributed by atoms with E-state index in [1.807, 2.05) is 6.07 Å².